The van der Waals surface area contributed by atoms with Crippen LogP contribution in [-0.4, -0.2) is 18.4 Å². The fourth-order valence-corrected chi connectivity index (χ4v) is 3.25. The van der Waals surface area contributed by atoms with Gasteiger partial charge in [-0.3, -0.25) is 4.79 Å². The Morgan fingerprint density at radius 1 is 1.18 bits per heavy atom. The highest BCUT2D eigenvalue weighted by molar-refractivity contribution is 6.39. The fourth-order valence-electron chi connectivity index (χ4n) is 2.65. The lowest BCUT2D eigenvalue weighted by molar-refractivity contribution is 0.112. The van der Waals surface area contributed by atoms with Gasteiger partial charge in [0.15, 0.2) is 6.29 Å². The molecule has 0 spiro atoms. The Morgan fingerprint density at radius 2 is 1.95 bits per heavy atom. The highest BCUT2D eigenvalue weighted by atomic mass is 35.5. The molecule has 0 aliphatic carbocycles. The molecule has 0 radical (unpaired) electrons. The number of methoxy groups -OCH3 is 1. The van der Waals surface area contributed by atoms with Gasteiger partial charge in [-0.2, -0.15) is 0 Å². The average molecular weight is 334 g/mol. The first kappa shape index (κ1) is 14.9. The van der Waals surface area contributed by atoms with Crippen molar-refractivity contribution in [2.45, 2.75) is 6.92 Å². The predicted octanol–water partition coefficient (Wildman–Crippen LogP) is 5.27. The van der Waals surface area contributed by atoms with Gasteiger partial charge in [-0.05, 0) is 48.4 Å². The Labute approximate surface area is 137 Å². The number of aldehydes is 1. The van der Waals surface area contributed by atoms with Crippen molar-refractivity contribution in [3.8, 4) is 17.0 Å². The summed E-state index contributed by atoms with van der Waals surface area (Å²) in [5.41, 5.74) is 3.87. The molecule has 0 aliphatic heterocycles. The molecule has 3 nitrogen and oxygen atoms in total. The number of rotatable bonds is 3. The number of H-pyrrole nitrogens is 1. The molecule has 1 N–H and O–H groups in total. The molecule has 0 atom stereocenters. The number of fused-ring (bicyclic) bond motifs is 1. The normalized spacial score (nSPS) is 10.9. The van der Waals surface area contributed by atoms with E-state index in [2.05, 4.69) is 4.98 Å². The molecule has 2 aromatic carbocycles. The molecule has 0 bridgehead atoms. The summed E-state index contributed by atoms with van der Waals surface area (Å²) in [4.78, 5) is 14.8. The van der Waals surface area contributed by atoms with Crippen molar-refractivity contribution in [1.29, 1.82) is 0 Å². The maximum Gasteiger partial charge on any atom is 0.152 e. The van der Waals surface area contributed by atoms with Crippen LogP contribution in [-0.2, 0) is 0 Å². The molecule has 0 amide bonds. The number of halogens is 2. The van der Waals surface area contributed by atoms with E-state index in [1.165, 1.54) is 0 Å². The standard InChI is InChI=1S/C17H13Cl2NO2/c1-9-5-10(3-4-15(9)22-2)17-12(8-21)16-13(19)6-11(18)7-14(16)20-17/h3-8,20H,1-2H3. The SMILES string of the molecule is COc1ccc(-c2[nH]c3cc(Cl)cc(Cl)c3c2C=O)cc1C. The summed E-state index contributed by atoms with van der Waals surface area (Å²) in [6.07, 6.45) is 0.813. The quantitative estimate of drug-likeness (QED) is 0.663. The van der Waals surface area contributed by atoms with Gasteiger partial charge in [-0.15, -0.1) is 0 Å². The van der Waals surface area contributed by atoms with Crippen LogP contribution in [0, 0.1) is 6.92 Å². The Bertz CT molecular complexity index is 884. The van der Waals surface area contributed by atoms with Gasteiger partial charge in [0.05, 0.1) is 17.8 Å². The number of aromatic amines is 1. The van der Waals surface area contributed by atoms with Crippen molar-refractivity contribution in [2.24, 2.45) is 0 Å². The minimum Gasteiger partial charge on any atom is -0.496 e. The second kappa shape index (κ2) is 5.67. The Kier molecular flexibility index (Phi) is 3.85. The molecule has 3 aromatic rings. The summed E-state index contributed by atoms with van der Waals surface area (Å²) < 4.78 is 5.27. The lowest BCUT2D eigenvalue weighted by Crippen LogP contribution is -1.89. The van der Waals surface area contributed by atoms with Crippen molar-refractivity contribution in [3.63, 3.8) is 0 Å². The van der Waals surface area contributed by atoms with Crippen LogP contribution in [0.2, 0.25) is 10.0 Å². The third-order valence-electron chi connectivity index (χ3n) is 3.65. The van der Waals surface area contributed by atoms with Crippen LogP contribution < -0.4 is 4.74 Å². The number of hydrogen-bond donors (Lipinski definition) is 1. The van der Waals surface area contributed by atoms with Crippen LogP contribution in [0.15, 0.2) is 30.3 Å². The van der Waals surface area contributed by atoms with E-state index in [4.69, 9.17) is 27.9 Å². The van der Waals surface area contributed by atoms with E-state index >= 15 is 0 Å². The monoisotopic (exact) mass is 333 g/mol. The van der Waals surface area contributed by atoms with Gasteiger partial charge < -0.3 is 9.72 Å². The molecule has 3 rings (SSSR count). The van der Waals surface area contributed by atoms with E-state index in [0.29, 0.717) is 21.0 Å². The van der Waals surface area contributed by atoms with Crippen molar-refractivity contribution in [1.82, 2.24) is 4.98 Å². The van der Waals surface area contributed by atoms with E-state index in [1.54, 1.807) is 19.2 Å². The van der Waals surface area contributed by atoms with Crippen LogP contribution in [0.1, 0.15) is 15.9 Å². The molecule has 1 heterocycles. The van der Waals surface area contributed by atoms with Gasteiger partial charge in [0, 0.05) is 21.5 Å². The maximum atomic E-state index is 11.6. The number of nitrogens with one attached hydrogen (secondary N) is 1. The number of carbonyl (C=O) groups is 1. The zero-order valence-electron chi connectivity index (χ0n) is 12.0. The van der Waals surface area contributed by atoms with E-state index in [0.717, 1.165) is 34.4 Å². The summed E-state index contributed by atoms with van der Waals surface area (Å²) in [6.45, 7) is 1.95. The minimum atomic E-state index is 0.456. The van der Waals surface area contributed by atoms with Crippen molar-refractivity contribution < 1.29 is 9.53 Å². The molecule has 0 fully saturated rings. The van der Waals surface area contributed by atoms with Crippen molar-refractivity contribution in [3.05, 3.63) is 51.5 Å². The van der Waals surface area contributed by atoms with Crippen LogP contribution in [0.3, 0.4) is 0 Å². The number of benzene rings is 2. The largest absolute Gasteiger partial charge is 0.496 e. The molecule has 22 heavy (non-hydrogen) atoms. The fraction of sp³-hybridized carbons (Fsp3) is 0.118. The maximum absolute atomic E-state index is 11.6. The summed E-state index contributed by atoms with van der Waals surface area (Å²) in [5.74, 6) is 0.800. The van der Waals surface area contributed by atoms with Gasteiger partial charge in [-0.1, -0.05) is 23.2 Å². The number of ether oxygens (including phenoxy) is 1. The molecule has 112 valence electrons. The second-order valence-corrected chi connectivity index (χ2v) is 5.87. The molecule has 1 aromatic heterocycles. The number of aryl methyl sites for hydroxylation is 1. The van der Waals surface area contributed by atoms with Crippen LogP contribution >= 0.6 is 23.2 Å². The lowest BCUT2D eigenvalue weighted by atomic mass is 10.0. The van der Waals surface area contributed by atoms with Crippen molar-refractivity contribution in [2.75, 3.05) is 7.11 Å². The second-order valence-electron chi connectivity index (χ2n) is 5.03. The predicted molar refractivity (Wildman–Crippen MR) is 90.4 cm³/mol. The zero-order valence-corrected chi connectivity index (χ0v) is 13.5. The summed E-state index contributed by atoms with van der Waals surface area (Å²) in [6, 6.07) is 9.13. The van der Waals surface area contributed by atoms with Gasteiger partial charge in [-0.25, -0.2) is 0 Å². The molecule has 0 saturated heterocycles. The third kappa shape index (κ3) is 2.36. The zero-order chi connectivity index (χ0) is 15.9. The summed E-state index contributed by atoms with van der Waals surface area (Å²) >= 11 is 12.3. The minimum absolute atomic E-state index is 0.456. The lowest BCUT2D eigenvalue weighted by Gasteiger charge is -2.07. The number of hydrogen-bond acceptors (Lipinski definition) is 2. The molecular weight excluding hydrogens is 321 g/mol. The van der Waals surface area contributed by atoms with E-state index < -0.39 is 0 Å². The highest BCUT2D eigenvalue weighted by Crippen LogP contribution is 2.36. The van der Waals surface area contributed by atoms with E-state index in [1.807, 2.05) is 25.1 Å². The molecule has 0 unspecified atom stereocenters. The summed E-state index contributed by atoms with van der Waals surface area (Å²) in [7, 11) is 1.63. The topological polar surface area (TPSA) is 42.1 Å². The van der Waals surface area contributed by atoms with Gasteiger partial charge in [0.1, 0.15) is 5.75 Å². The summed E-state index contributed by atoms with van der Waals surface area (Å²) in [5, 5.41) is 1.66. The number of carbonyl (C=O) groups excluding carboxylic acids is 1. The van der Waals surface area contributed by atoms with Crippen LogP contribution in [0.4, 0.5) is 0 Å². The van der Waals surface area contributed by atoms with Gasteiger partial charge in [0.2, 0.25) is 0 Å². The Morgan fingerprint density at radius 3 is 2.59 bits per heavy atom. The smallest absolute Gasteiger partial charge is 0.152 e. The van der Waals surface area contributed by atoms with Gasteiger partial charge in [0.25, 0.3) is 0 Å². The van der Waals surface area contributed by atoms with E-state index in [9.17, 15) is 4.79 Å². The van der Waals surface area contributed by atoms with Crippen LogP contribution in [0.5, 0.6) is 5.75 Å². The van der Waals surface area contributed by atoms with Gasteiger partial charge >= 0.3 is 0 Å². The first-order valence-corrected chi connectivity index (χ1v) is 7.41. The third-order valence-corrected chi connectivity index (χ3v) is 4.17. The molecule has 0 aliphatic rings. The molecular formula is C17H13Cl2NO2. The Hall–Kier alpha value is -1.97. The highest BCUT2D eigenvalue weighted by Gasteiger charge is 2.16. The molecule has 5 heteroatoms. The van der Waals surface area contributed by atoms with Crippen LogP contribution in [0.25, 0.3) is 22.2 Å². The first-order valence-electron chi connectivity index (χ1n) is 6.66. The first-order chi connectivity index (χ1) is 10.5. The van der Waals surface area contributed by atoms with Crippen molar-refractivity contribution >= 4 is 40.4 Å². The average Bonchev–Trinajstić information content (AvgIpc) is 2.85. The van der Waals surface area contributed by atoms with E-state index in [-0.39, 0.29) is 0 Å². The number of aromatic nitrogens is 1. The Balaban J connectivity index is 2.29. The molecule has 0 saturated carbocycles.